The maximum absolute atomic E-state index is 10.6. The first-order chi connectivity index (χ1) is 14.5. The smallest absolute Gasteiger partial charge is 0.0822 e. The lowest BCUT2D eigenvalue weighted by Crippen LogP contribution is -2.36. The maximum atomic E-state index is 10.6. The molecule has 0 aliphatic heterocycles. The van der Waals surface area contributed by atoms with Crippen molar-refractivity contribution in [1.82, 2.24) is 0 Å². The molecule has 0 aromatic rings. The Labute approximate surface area is 189 Å². The van der Waals surface area contributed by atoms with Crippen LogP contribution in [0.3, 0.4) is 0 Å². The summed E-state index contributed by atoms with van der Waals surface area (Å²) in [6.45, 7) is 14.9. The Morgan fingerprint density at radius 3 is 2.55 bits per heavy atom. The third kappa shape index (κ3) is 5.10. The molecule has 174 valence electrons. The minimum atomic E-state index is -0.755. The monoisotopic (exact) mass is 428 g/mol. The van der Waals surface area contributed by atoms with Crippen molar-refractivity contribution in [3.05, 3.63) is 47.6 Å². The molecule has 3 aliphatic rings. The maximum Gasteiger partial charge on any atom is 0.0822 e. The Morgan fingerprint density at radius 2 is 1.87 bits per heavy atom. The van der Waals surface area contributed by atoms with Crippen molar-refractivity contribution in [2.45, 2.75) is 97.4 Å². The van der Waals surface area contributed by atoms with Gasteiger partial charge in [0.1, 0.15) is 0 Å². The molecular weight excluding hydrogens is 384 g/mol. The van der Waals surface area contributed by atoms with Gasteiger partial charge in [-0.05, 0) is 85.7 Å². The summed E-state index contributed by atoms with van der Waals surface area (Å²) in [5.74, 6) is 1.87. The van der Waals surface area contributed by atoms with Gasteiger partial charge in [-0.3, -0.25) is 0 Å². The molecule has 0 saturated heterocycles. The van der Waals surface area contributed by atoms with Crippen molar-refractivity contribution in [1.29, 1.82) is 0 Å². The van der Waals surface area contributed by atoms with Crippen LogP contribution in [0.4, 0.5) is 0 Å². The summed E-state index contributed by atoms with van der Waals surface area (Å²) in [6.07, 6.45) is 14.6. The molecule has 3 saturated carbocycles. The van der Waals surface area contributed by atoms with Crippen LogP contribution < -0.4 is 0 Å². The molecule has 3 heteroatoms. The fourth-order valence-corrected chi connectivity index (χ4v) is 6.28. The van der Waals surface area contributed by atoms with Gasteiger partial charge < -0.3 is 15.3 Å². The van der Waals surface area contributed by atoms with Crippen LogP contribution in [0, 0.1) is 29.1 Å². The topological polar surface area (TPSA) is 60.7 Å². The van der Waals surface area contributed by atoms with Crippen molar-refractivity contribution < 1.29 is 15.3 Å². The molecule has 0 amide bonds. The standard InChI is InChI=1S/C28H44O3/c1-18(2)28(6,31)15-13-19(3)24-11-12-25-21(8-7-14-27(24,25)5)9-10-22-16-23(29)17-26(30)20(22)4/h9-10,13,15,18-19,23-26,29-31H,4,7-8,11-12,14,16-17H2,1-3,5-6H3/b15-13+,21-9+,22-10-/t19?,23?,24?,25?,26-,27?,28+/m0/s1. The second-order valence-corrected chi connectivity index (χ2v) is 11.3. The van der Waals surface area contributed by atoms with Gasteiger partial charge in [0.25, 0.3) is 0 Å². The Kier molecular flexibility index (Phi) is 7.40. The van der Waals surface area contributed by atoms with Crippen molar-refractivity contribution in [3.63, 3.8) is 0 Å². The largest absolute Gasteiger partial charge is 0.393 e. The molecule has 31 heavy (non-hydrogen) atoms. The van der Waals surface area contributed by atoms with Gasteiger partial charge in [-0.25, -0.2) is 0 Å². The normalized spacial score (nSPS) is 40.0. The quantitative estimate of drug-likeness (QED) is 0.490. The molecule has 0 spiro atoms. The third-order valence-corrected chi connectivity index (χ3v) is 8.84. The molecule has 3 nitrogen and oxygen atoms in total. The lowest BCUT2D eigenvalue weighted by molar-refractivity contribution is 0.0607. The average molecular weight is 429 g/mol. The van der Waals surface area contributed by atoms with E-state index in [2.05, 4.69) is 52.5 Å². The first kappa shape index (κ1) is 24.5. The number of allylic oxidation sites excluding steroid dienone is 4. The SMILES string of the molecule is C=C1/C(=C\C=C2/CCCC3(C)C2CCC3C(C)/C=C/[C@@](C)(O)C(C)C)CC(O)C[C@@H]1O. The van der Waals surface area contributed by atoms with Gasteiger partial charge in [0.05, 0.1) is 17.8 Å². The Hall–Kier alpha value is -1.16. The van der Waals surface area contributed by atoms with Crippen LogP contribution in [-0.2, 0) is 0 Å². The number of hydrogen-bond donors (Lipinski definition) is 3. The second kappa shape index (κ2) is 9.37. The van der Waals surface area contributed by atoms with E-state index in [4.69, 9.17) is 0 Å². The summed E-state index contributed by atoms with van der Waals surface area (Å²) in [7, 11) is 0. The molecule has 3 N–H and O–H groups in total. The second-order valence-electron chi connectivity index (χ2n) is 11.3. The lowest BCUT2D eigenvalue weighted by atomic mass is 9.61. The van der Waals surface area contributed by atoms with E-state index in [1.807, 2.05) is 13.0 Å². The number of rotatable bonds is 5. The summed E-state index contributed by atoms with van der Waals surface area (Å²) in [5, 5.41) is 30.8. The van der Waals surface area contributed by atoms with Gasteiger partial charge in [0.15, 0.2) is 0 Å². The van der Waals surface area contributed by atoms with E-state index in [9.17, 15) is 15.3 Å². The van der Waals surface area contributed by atoms with Crippen molar-refractivity contribution in [3.8, 4) is 0 Å². The first-order valence-electron chi connectivity index (χ1n) is 12.3. The van der Waals surface area contributed by atoms with E-state index < -0.39 is 17.8 Å². The molecule has 5 unspecified atom stereocenters. The fraction of sp³-hybridized carbons (Fsp3) is 0.714. The van der Waals surface area contributed by atoms with E-state index in [1.54, 1.807) is 0 Å². The lowest BCUT2D eigenvalue weighted by Gasteiger charge is -2.44. The minimum absolute atomic E-state index is 0.201. The molecule has 3 rings (SSSR count). The highest BCUT2D eigenvalue weighted by molar-refractivity contribution is 5.38. The molecule has 3 aliphatic carbocycles. The van der Waals surface area contributed by atoms with Crippen LogP contribution >= 0.6 is 0 Å². The molecule has 7 atom stereocenters. The number of aliphatic hydroxyl groups is 3. The van der Waals surface area contributed by atoms with Gasteiger partial charge in [0.2, 0.25) is 0 Å². The fourth-order valence-electron chi connectivity index (χ4n) is 6.28. The Balaban J connectivity index is 1.78. The van der Waals surface area contributed by atoms with Crippen LogP contribution in [0.25, 0.3) is 0 Å². The van der Waals surface area contributed by atoms with E-state index in [1.165, 1.54) is 31.3 Å². The molecule has 3 fully saturated rings. The van der Waals surface area contributed by atoms with E-state index in [0.717, 1.165) is 17.6 Å². The van der Waals surface area contributed by atoms with Crippen molar-refractivity contribution >= 4 is 0 Å². The third-order valence-electron chi connectivity index (χ3n) is 8.84. The molecule has 0 bridgehead atoms. The minimum Gasteiger partial charge on any atom is -0.393 e. The zero-order valence-corrected chi connectivity index (χ0v) is 20.3. The predicted octanol–water partition coefficient (Wildman–Crippen LogP) is 5.73. The summed E-state index contributed by atoms with van der Waals surface area (Å²) in [4.78, 5) is 0. The van der Waals surface area contributed by atoms with Crippen LogP contribution in [0.5, 0.6) is 0 Å². The highest BCUT2D eigenvalue weighted by atomic mass is 16.3. The highest BCUT2D eigenvalue weighted by Gasteiger charge is 2.50. The van der Waals surface area contributed by atoms with Crippen molar-refractivity contribution in [2.24, 2.45) is 29.1 Å². The first-order valence-corrected chi connectivity index (χ1v) is 12.3. The van der Waals surface area contributed by atoms with E-state index in [-0.39, 0.29) is 5.92 Å². The van der Waals surface area contributed by atoms with Gasteiger partial charge in [-0.15, -0.1) is 0 Å². The summed E-state index contributed by atoms with van der Waals surface area (Å²) >= 11 is 0. The van der Waals surface area contributed by atoms with Gasteiger partial charge >= 0.3 is 0 Å². The van der Waals surface area contributed by atoms with Gasteiger partial charge in [-0.1, -0.05) is 64.2 Å². The zero-order chi connectivity index (χ0) is 23.0. The number of fused-ring (bicyclic) bond motifs is 1. The highest BCUT2D eigenvalue weighted by Crippen LogP contribution is 2.59. The predicted molar refractivity (Wildman–Crippen MR) is 128 cm³/mol. The summed E-state index contributed by atoms with van der Waals surface area (Å²) < 4.78 is 0. The summed E-state index contributed by atoms with van der Waals surface area (Å²) in [5.41, 5.74) is 2.82. The molecular formula is C28H44O3. The molecule has 0 aromatic heterocycles. The van der Waals surface area contributed by atoms with Crippen LogP contribution in [-0.4, -0.2) is 33.1 Å². The van der Waals surface area contributed by atoms with E-state index in [0.29, 0.717) is 36.0 Å². The Bertz CT molecular complexity index is 756. The number of hydrogen-bond acceptors (Lipinski definition) is 3. The van der Waals surface area contributed by atoms with Gasteiger partial charge in [-0.2, -0.15) is 0 Å². The molecule has 0 radical (unpaired) electrons. The van der Waals surface area contributed by atoms with Gasteiger partial charge in [0, 0.05) is 6.42 Å². The Morgan fingerprint density at radius 1 is 1.16 bits per heavy atom. The van der Waals surface area contributed by atoms with E-state index >= 15 is 0 Å². The zero-order valence-electron chi connectivity index (χ0n) is 20.3. The van der Waals surface area contributed by atoms with Crippen molar-refractivity contribution in [2.75, 3.05) is 0 Å². The number of aliphatic hydroxyl groups excluding tert-OH is 2. The van der Waals surface area contributed by atoms with Crippen LogP contribution in [0.1, 0.15) is 79.6 Å². The molecule has 0 heterocycles. The van der Waals surface area contributed by atoms with Crippen LogP contribution in [0.15, 0.2) is 47.6 Å². The van der Waals surface area contributed by atoms with Crippen LogP contribution in [0.2, 0.25) is 0 Å². The summed E-state index contributed by atoms with van der Waals surface area (Å²) in [6, 6.07) is 0. The average Bonchev–Trinajstić information content (AvgIpc) is 3.05. The molecule has 0 aromatic carbocycles.